The third kappa shape index (κ3) is 7.91. The summed E-state index contributed by atoms with van der Waals surface area (Å²) in [6, 6.07) is 14.7. The smallest absolute Gasteiger partial charge is 0.410 e. The number of benzene rings is 2. The van der Waals surface area contributed by atoms with Crippen molar-refractivity contribution in [1.82, 2.24) is 4.90 Å². The number of thioether (sulfide) groups is 1. The Balaban J connectivity index is 1.43. The van der Waals surface area contributed by atoms with E-state index in [1.807, 2.05) is 33.8 Å². The van der Waals surface area contributed by atoms with Gasteiger partial charge in [0.25, 0.3) is 11.6 Å². The van der Waals surface area contributed by atoms with Crippen molar-refractivity contribution in [2.45, 2.75) is 62.8 Å². The number of nitriles is 1. The Labute approximate surface area is 257 Å². The van der Waals surface area contributed by atoms with Gasteiger partial charge in [-0.15, -0.1) is 23.1 Å². The summed E-state index contributed by atoms with van der Waals surface area (Å²) >= 11 is 2.61. The van der Waals surface area contributed by atoms with Crippen molar-refractivity contribution < 1.29 is 24.0 Å². The Morgan fingerprint density at radius 1 is 1.19 bits per heavy atom. The Morgan fingerprint density at radius 3 is 2.60 bits per heavy atom. The molecule has 2 heterocycles. The summed E-state index contributed by atoms with van der Waals surface area (Å²) in [5.41, 5.74) is 1.09. The van der Waals surface area contributed by atoms with Crippen LogP contribution in [0, 0.1) is 21.4 Å². The van der Waals surface area contributed by atoms with E-state index in [2.05, 4.69) is 16.7 Å². The molecule has 2 N–H and O–H groups in total. The summed E-state index contributed by atoms with van der Waals surface area (Å²) in [5, 5.41) is 26.6. The average Bonchev–Trinajstić information content (AvgIpc) is 3.31. The zero-order chi connectivity index (χ0) is 31.3. The number of anilines is 2. The highest BCUT2D eigenvalue weighted by atomic mass is 32.2. The SMILES string of the molecule is CCC(Sc1cccc(NC(=O)c2cccc([N+](=O)[O-])c2)c1)C(=O)Nc1sc2c(c1C#N)CCN(C(=O)OC(C)(C)C)C2. The lowest BCUT2D eigenvalue weighted by Crippen LogP contribution is -2.39. The molecule has 1 aliphatic heterocycles. The minimum Gasteiger partial charge on any atom is -0.444 e. The number of nitro benzene ring substituents is 1. The Kier molecular flexibility index (Phi) is 9.73. The number of hydrogen-bond acceptors (Lipinski definition) is 9. The molecule has 11 nitrogen and oxygen atoms in total. The van der Waals surface area contributed by atoms with Crippen molar-refractivity contribution in [3.63, 3.8) is 0 Å². The van der Waals surface area contributed by atoms with Crippen LogP contribution in [0.15, 0.2) is 53.4 Å². The Morgan fingerprint density at radius 2 is 1.93 bits per heavy atom. The molecule has 1 aliphatic rings. The number of amides is 3. The predicted molar refractivity (Wildman–Crippen MR) is 165 cm³/mol. The number of non-ortho nitro benzene ring substituents is 1. The summed E-state index contributed by atoms with van der Waals surface area (Å²) in [6.07, 6.45) is 0.576. The van der Waals surface area contributed by atoms with Gasteiger partial charge in [-0.25, -0.2) is 4.79 Å². The van der Waals surface area contributed by atoms with E-state index < -0.39 is 27.8 Å². The molecule has 0 spiro atoms. The number of nitrogens with zero attached hydrogens (tertiary/aromatic N) is 3. The van der Waals surface area contributed by atoms with Crippen molar-refractivity contribution >= 4 is 57.4 Å². The fraction of sp³-hybridized carbons (Fsp3) is 0.333. The number of hydrogen-bond donors (Lipinski definition) is 2. The molecule has 224 valence electrons. The molecule has 0 saturated carbocycles. The van der Waals surface area contributed by atoms with E-state index in [0.717, 1.165) is 15.3 Å². The second kappa shape index (κ2) is 13.3. The number of thiophene rings is 1. The highest BCUT2D eigenvalue weighted by molar-refractivity contribution is 8.00. The maximum absolute atomic E-state index is 13.3. The molecule has 0 bridgehead atoms. The van der Waals surface area contributed by atoms with Gasteiger partial charge in [-0.05, 0) is 63.4 Å². The highest BCUT2D eigenvalue weighted by Crippen LogP contribution is 2.38. The molecular formula is C30H31N5O6S2. The Hall–Kier alpha value is -4.41. The van der Waals surface area contributed by atoms with Gasteiger partial charge < -0.3 is 20.3 Å². The van der Waals surface area contributed by atoms with E-state index in [0.29, 0.717) is 42.2 Å². The van der Waals surface area contributed by atoms with Gasteiger partial charge in [0.05, 0.1) is 22.3 Å². The van der Waals surface area contributed by atoms with Crippen molar-refractivity contribution in [3.05, 3.63) is 80.2 Å². The first kappa shape index (κ1) is 31.5. The van der Waals surface area contributed by atoms with E-state index in [1.165, 1.54) is 47.4 Å². The number of carbonyl (C=O) groups is 3. The van der Waals surface area contributed by atoms with E-state index in [1.54, 1.807) is 23.1 Å². The molecular weight excluding hydrogens is 590 g/mol. The van der Waals surface area contributed by atoms with Crippen LogP contribution in [-0.2, 0) is 22.5 Å². The topological polar surface area (TPSA) is 155 Å². The molecule has 3 amide bonds. The van der Waals surface area contributed by atoms with Crippen LogP contribution in [0.1, 0.15) is 60.5 Å². The van der Waals surface area contributed by atoms with Gasteiger partial charge in [-0.2, -0.15) is 5.26 Å². The molecule has 0 aliphatic carbocycles. The molecule has 1 unspecified atom stereocenters. The number of nitro groups is 1. The zero-order valence-corrected chi connectivity index (χ0v) is 25.8. The fourth-order valence-corrected chi connectivity index (χ4v) is 6.61. The second-order valence-corrected chi connectivity index (χ2v) is 13.1. The standard InChI is InChI=1S/C30H31N5O6S2/c1-5-24(42-21-11-7-9-19(15-21)32-26(36)18-8-6-10-20(14-18)35(39)40)27(37)33-28-23(16-31)22-12-13-34(17-25(22)43-28)29(38)41-30(2,3)4/h6-11,14-15,24H,5,12-13,17H2,1-4H3,(H,32,36)(H,33,37). The summed E-state index contributed by atoms with van der Waals surface area (Å²) in [7, 11) is 0. The van der Waals surface area contributed by atoms with Crippen LogP contribution in [0.5, 0.6) is 0 Å². The largest absolute Gasteiger partial charge is 0.444 e. The molecule has 3 aromatic rings. The number of fused-ring (bicyclic) bond motifs is 1. The van der Waals surface area contributed by atoms with Crippen LogP contribution in [0.3, 0.4) is 0 Å². The molecule has 43 heavy (non-hydrogen) atoms. The van der Waals surface area contributed by atoms with Gasteiger partial charge in [0.15, 0.2) is 0 Å². The number of rotatable bonds is 8. The monoisotopic (exact) mass is 621 g/mol. The van der Waals surface area contributed by atoms with E-state index >= 15 is 0 Å². The minimum absolute atomic E-state index is 0.152. The normalized spacial score (nSPS) is 13.3. The first-order valence-corrected chi connectivity index (χ1v) is 15.2. The van der Waals surface area contributed by atoms with Gasteiger partial charge in [0, 0.05) is 39.7 Å². The highest BCUT2D eigenvalue weighted by Gasteiger charge is 2.31. The molecule has 0 saturated heterocycles. The fourth-order valence-electron chi connectivity index (χ4n) is 4.38. The van der Waals surface area contributed by atoms with Crippen molar-refractivity contribution in [3.8, 4) is 6.07 Å². The van der Waals surface area contributed by atoms with E-state index in [9.17, 15) is 29.8 Å². The van der Waals surface area contributed by atoms with Crippen LogP contribution < -0.4 is 10.6 Å². The summed E-state index contributed by atoms with van der Waals surface area (Å²) in [6.45, 7) is 8.03. The summed E-state index contributed by atoms with van der Waals surface area (Å²) in [4.78, 5) is 52.3. The number of ether oxygens (including phenoxy) is 1. The van der Waals surface area contributed by atoms with Gasteiger partial charge in [-0.3, -0.25) is 19.7 Å². The molecule has 4 rings (SSSR count). The molecule has 13 heteroatoms. The maximum atomic E-state index is 13.3. The average molecular weight is 622 g/mol. The van der Waals surface area contributed by atoms with Gasteiger partial charge in [0.2, 0.25) is 5.91 Å². The van der Waals surface area contributed by atoms with E-state index in [-0.39, 0.29) is 17.2 Å². The van der Waals surface area contributed by atoms with E-state index in [4.69, 9.17) is 4.74 Å². The predicted octanol–water partition coefficient (Wildman–Crippen LogP) is 6.58. The third-order valence-electron chi connectivity index (χ3n) is 6.41. The van der Waals surface area contributed by atoms with Crippen molar-refractivity contribution in [2.75, 3.05) is 17.2 Å². The van der Waals surface area contributed by atoms with Gasteiger partial charge >= 0.3 is 6.09 Å². The molecule has 2 aromatic carbocycles. The lowest BCUT2D eigenvalue weighted by molar-refractivity contribution is -0.384. The lowest BCUT2D eigenvalue weighted by Gasteiger charge is -2.29. The third-order valence-corrected chi connectivity index (χ3v) is 8.90. The Bertz CT molecular complexity index is 1610. The number of nitrogens with one attached hydrogen (secondary N) is 2. The second-order valence-electron chi connectivity index (χ2n) is 10.8. The molecule has 0 fully saturated rings. The van der Waals surface area contributed by atoms with Crippen LogP contribution in [0.4, 0.5) is 21.2 Å². The minimum atomic E-state index is -0.618. The van der Waals surface area contributed by atoms with Crippen LogP contribution in [0.2, 0.25) is 0 Å². The number of carbonyl (C=O) groups excluding carboxylic acids is 3. The lowest BCUT2D eigenvalue weighted by atomic mass is 10.0. The van der Waals surface area contributed by atoms with Crippen LogP contribution in [0.25, 0.3) is 0 Å². The zero-order valence-electron chi connectivity index (χ0n) is 24.1. The molecule has 1 atom stereocenters. The van der Waals surface area contributed by atoms with Crippen molar-refractivity contribution in [1.29, 1.82) is 5.26 Å². The summed E-state index contributed by atoms with van der Waals surface area (Å²) < 4.78 is 5.49. The van der Waals surface area contributed by atoms with Crippen molar-refractivity contribution in [2.24, 2.45) is 0 Å². The first-order chi connectivity index (χ1) is 20.4. The quantitative estimate of drug-likeness (QED) is 0.162. The van der Waals surface area contributed by atoms with Crippen LogP contribution in [-0.4, -0.2) is 45.1 Å². The van der Waals surface area contributed by atoms with Gasteiger partial charge in [-0.1, -0.05) is 19.1 Å². The van der Waals surface area contributed by atoms with Gasteiger partial charge in [0.1, 0.15) is 16.7 Å². The maximum Gasteiger partial charge on any atom is 0.410 e. The molecule has 1 aromatic heterocycles. The summed E-state index contributed by atoms with van der Waals surface area (Å²) in [5.74, 6) is -0.760. The first-order valence-electron chi connectivity index (χ1n) is 13.5. The van der Waals surface area contributed by atoms with Crippen LogP contribution >= 0.6 is 23.1 Å². The molecule has 0 radical (unpaired) electrons.